The van der Waals surface area contributed by atoms with Gasteiger partial charge in [-0.1, -0.05) is 17.3 Å². The number of nitrogens with zero attached hydrogens (tertiary/aromatic N) is 1. The van der Waals surface area contributed by atoms with Gasteiger partial charge < -0.3 is 14.6 Å². The smallest absolute Gasteiger partial charge is 0.339 e. The van der Waals surface area contributed by atoms with E-state index in [4.69, 9.17) is 9.26 Å². The molecule has 1 aromatic carbocycles. The first-order valence-electron chi connectivity index (χ1n) is 5.54. The van der Waals surface area contributed by atoms with E-state index in [9.17, 15) is 4.79 Å². The summed E-state index contributed by atoms with van der Waals surface area (Å²) in [5.41, 5.74) is 2.03. The van der Waals surface area contributed by atoms with Gasteiger partial charge in [-0.05, 0) is 19.1 Å². The van der Waals surface area contributed by atoms with E-state index < -0.39 is 0 Å². The average Bonchev–Trinajstić information content (AvgIpc) is 2.81. The van der Waals surface area contributed by atoms with Crippen LogP contribution >= 0.6 is 0 Å². The van der Waals surface area contributed by atoms with Crippen molar-refractivity contribution in [2.45, 2.75) is 13.5 Å². The molecule has 1 aromatic heterocycles. The summed E-state index contributed by atoms with van der Waals surface area (Å²) in [5, 5.41) is 6.92. The van der Waals surface area contributed by atoms with Gasteiger partial charge in [0.15, 0.2) is 5.76 Å². The van der Waals surface area contributed by atoms with Crippen molar-refractivity contribution in [2.75, 3.05) is 12.4 Å². The summed E-state index contributed by atoms with van der Waals surface area (Å²) in [7, 11) is 1.36. The molecule has 94 valence electrons. The normalized spacial score (nSPS) is 10.1. The first-order valence-corrected chi connectivity index (χ1v) is 5.54. The molecule has 0 saturated carbocycles. The highest BCUT2D eigenvalue weighted by molar-refractivity contribution is 5.95. The molecule has 0 amide bonds. The van der Waals surface area contributed by atoms with Crippen molar-refractivity contribution >= 4 is 11.7 Å². The van der Waals surface area contributed by atoms with E-state index in [-0.39, 0.29) is 5.97 Å². The van der Waals surface area contributed by atoms with Crippen LogP contribution < -0.4 is 5.32 Å². The van der Waals surface area contributed by atoms with Crippen molar-refractivity contribution in [3.8, 4) is 0 Å². The van der Waals surface area contributed by atoms with Crippen LogP contribution in [0.4, 0.5) is 5.69 Å². The molecule has 0 unspecified atom stereocenters. The van der Waals surface area contributed by atoms with Crippen LogP contribution in [0.25, 0.3) is 0 Å². The molecule has 0 spiro atoms. The number of aromatic nitrogens is 1. The molecule has 18 heavy (non-hydrogen) atoms. The number of benzene rings is 1. The van der Waals surface area contributed by atoms with Crippen molar-refractivity contribution in [1.82, 2.24) is 5.16 Å². The lowest BCUT2D eigenvalue weighted by Gasteiger charge is -2.08. The highest BCUT2D eigenvalue weighted by atomic mass is 16.5. The minimum Gasteiger partial charge on any atom is -0.465 e. The predicted octanol–water partition coefficient (Wildman–Crippen LogP) is 2.38. The third kappa shape index (κ3) is 2.68. The Labute approximate surface area is 105 Å². The van der Waals surface area contributed by atoms with Gasteiger partial charge in [-0.3, -0.25) is 0 Å². The highest BCUT2D eigenvalue weighted by Gasteiger charge is 2.11. The van der Waals surface area contributed by atoms with E-state index in [2.05, 4.69) is 10.5 Å². The largest absolute Gasteiger partial charge is 0.465 e. The van der Waals surface area contributed by atoms with Crippen LogP contribution in [0, 0.1) is 6.92 Å². The Morgan fingerprint density at radius 3 is 2.89 bits per heavy atom. The fraction of sp³-hybridized carbons (Fsp3) is 0.231. The van der Waals surface area contributed by atoms with Gasteiger partial charge in [-0.25, -0.2) is 4.79 Å². The first kappa shape index (κ1) is 12.2. The molecule has 0 fully saturated rings. The minimum atomic E-state index is -0.369. The lowest BCUT2D eigenvalue weighted by Crippen LogP contribution is -2.07. The molecule has 0 bridgehead atoms. The number of nitrogens with one attached hydrogen (secondary N) is 1. The number of carbonyl (C=O) groups is 1. The summed E-state index contributed by atoms with van der Waals surface area (Å²) in [6, 6.07) is 9.00. The van der Waals surface area contributed by atoms with Crippen molar-refractivity contribution in [1.29, 1.82) is 0 Å². The number of carbonyl (C=O) groups excluding carboxylic acids is 1. The van der Waals surface area contributed by atoms with Crippen LogP contribution in [0.5, 0.6) is 0 Å². The summed E-state index contributed by atoms with van der Waals surface area (Å²) < 4.78 is 9.80. The van der Waals surface area contributed by atoms with Gasteiger partial charge in [-0.2, -0.15) is 0 Å². The van der Waals surface area contributed by atoms with E-state index >= 15 is 0 Å². The van der Waals surface area contributed by atoms with Crippen LogP contribution in [-0.2, 0) is 11.3 Å². The van der Waals surface area contributed by atoms with E-state index in [1.807, 2.05) is 25.1 Å². The molecule has 5 heteroatoms. The van der Waals surface area contributed by atoms with Gasteiger partial charge in [0, 0.05) is 11.8 Å². The molecule has 0 atom stereocenters. The molecule has 5 nitrogen and oxygen atoms in total. The van der Waals surface area contributed by atoms with Gasteiger partial charge in [0.25, 0.3) is 0 Å². The average molecular weight is 246 g/mol. The van der Waals surface area contributed by atoms with E-state index in [1.165, 1.54) is 7.11 Å². The van der Waals surface area contributed by atoms with Gasteiger partial charge in [0.2, 0.25) is 0 Å². The van der Waals surface area contributed by atoms with Crippen molar-refractivity contribution in [2.24, 2.45) is 0 Å². The Kier molecular flexibility index (Phi) is 3.62. The molecular weight excluding hydrogens is 232 g/mol. The second-order valence-electron chi connectivity index (χ2n) is 3.83. The number of para-hydroxylation sites is 1. The Hall–Kier alpha value is -2.30. The Morgan fingerprint density at radius 1 is 1.44 bits per heavy atom. The second kappa shape index (κ2) is 5.35. The maximum Gasteiger partial charge on any atom is 0.339 e. The molecule has 2 aromatic rings. The Morgan fingerprint density at radius 2 is 2.22 bits per heavy atom. The van der Waals surface area contributed by atoms with Crippen molar-refractivity contribution in [3.05, 3.63) is 47.3 Å². The van der Waals surface area contributed by atoms with Crippen LogP contribution in [0.2, 0.25) is 0 Å². The van der Waals surface area contributed by atoms with Gasteiger partial charge >= 0.3 is 5.97 Å². The van der Waals surface area contributed by atoms with Gasteiger partial charge in [-0.15, -0.1) is 0 Å². The van der Waals surface area contributed by atoms with Gasteiger partial charge in [0.05, 0.1) is 24.9 Å². The van der Waals surface area contributed by atoms with Gasteiger partial charge in [0.1, 0.15) is 0 Å². The number of esters is 1. The zero-order valence-electron chi connectivity index (χ0n) is 10.3. The fourth-order valence-electron chi connectivity index (χ4n) is 1.61. The Balaban J connectivity index is 2.11. The van der Waals surface area contributed by atoms with Crippen molar-refractivity contribution < 1.29 is 14.1 Å². The quantitative estimate of drug-likeness (QED) is 0.839. The topological polar surface area (TPSA) is 64.4 Å². The summed E-state index contributed by atoms with van der Waals surface area (Å²) in [6.45, 7) is 2.32. The standard InChI is InChI=1S/C13H14N2O3/c1-9-7-10(18-15-9)8-14-12-6-4-3-5-11(12)13(16)17-2/h3-7,14H,8H2,1-2H3. The number of hydrogen-bond donors (Lipinski definition) is 1. The molecule has 2 rings (SSSR count). The molecular formula is C13H14N2O3. The maximum absolute atomic E-state index is 11.6. The number of ether oxygens (including phenoxy) is 1. The molecule has 0 aliphatic heterocycles. The monoisotopic (exact) mass is 246 g/mol. The molecule has 1 N–H and O–H groups in total. The molecule has 0 saturated heterocycles. The summed E-state index contributed by atoms with van der Waals surface area (Å²) in [5.74, 6) is 0.346. The predicted molar refractivity (Wildman–Crippen MR) is 66.3 cm³/mol. The summed E-state index contributed by atoms with van der Waals surface area (Å²) >= 11 is 0. The lowest BCUT2D eigenvalue weighted by molar-refractivity contribution is 0.0602. The first-order chi connectivity index (χ1) is 8.70. The minimum absolute atomic E-state index is 0.369. The summed E-state index contributed by atoms with van der Waals surface area (Å²) in [4.78, 5) is 11.6. The SMILES string of the molecule is COC(=O)c1ccccc1NCc1cc(C)no1. The lowest BCUT2D eigenvalue weighted by atomic mass is 10.2. The number of rotatable bonds is 4. The van der Waals surface area contributed by atoms with E-state index in [1.54, 1.807) is 12.1 Å². The summed E-state index contributed by atoms with van der Waals surface area (Å²) in [6.07, 6.45) is 0. The fourth-order valence-corrected chi connectivity index (χ4v) is 1.61. The van der Waals surface area contributed by atoms with Crippen LogP contribution in [0.15, 0.2) is 34.9 Å². The zero-order chi connectivity index (χ0) is 13.0. The third-order valence-corrected chi connectivity index (χ3v) is 2.46. The number of anilines is 1. The number of aryl methyl sites for hydroxylation is 1. The molecule has 0 radical (unpaired) electrons. The van der Waals surface area contributed by atoms with Crippen LogP contribution in [-0.4, -0.2) is 18.2 Å². The molecule has 0 aliphatic carbocycles. The zero-order valence-corrected chi connectivity index (χ0v) is 10.3. The number of methoxy groups -OCH3 is 1. The number of hydrogen-bond acceptors (Lipinski definition) is 5. The van der Waals surface area contributed by atoms with E-state index in [0.29, 0.717) is 23.6 Å². The molecule has 1 heterocycles. The maximum atomic E-state index is 11.6. The van der Waals surface area contributed by atoms with Crippen LogP contribution in [0.1, 0.15) is 21.8 Å². The van der Waals surface area contributed by atoms with Crippen molar-refractivity contribution in [3.63, 3.8) is 0 Å². The second-order valence-corrected chi connectivity index (χ2v) is 3.83. The molecule has 0 aliphatic rings. The van der Waals surface area contributed by atoms with Crippen LogP contribution in [0.3, 0.4) is 0 Å². The van der Waals surface area contributed by atoms with E-state index in [0.717, 1.165) is 5.69 Å². The third-order valence-electron chi connectivity index (χ3n) is 2.46. The highest BCUT2D eigenvalue weighted by Crippen LogP contribution is 2.17. The Bertz CT molecular complexity index is 549.